The van der Waals surface area contributed by atoms with Crippen molar-refractivity contribution >= 4 is 17.6 Å². The topological polar surface area (TPSA) is 76.6 Å². The van der Waals surface area contributed by atoms with Crippen molar-refractivity contribution in [2.45, 2.75) is 25.7 Å². The van der Waals surface area contributed by atoms with Crippen LogP contribution in [0.1, 0.15) is 29.9 Å². The molecule has 0 spiro atoms. The first kappa shape index (κ1) is 20.7. The number of amides is 1. The summed E-state index contributed by atoms with van der Waals surface area (Å²) < 4.78 is 10.9. The Hall–Kier alpha value is -3.61. The summed E-state index contributed by atoms with van der Waals surface area (Å²) in [7, 11) is 1.42. The van der Waals surface area contributed by atoms with Crippen LogP contribution >= 0.6 is 0 Å². The van der Waals surface area contributed by atoms with E-state index in [9.17, 15) is 4.79 Å². The molecule has 1 saturated heterocycles. The molecule has 0 atom stereocenters. The van der Waals surface area contributed by atoms with Crippen LogP contribution in [0.5, 0.6) is 11.6 Å². The molecular formula is C24H26N4O3. The zero-order valence-electron chi connectivity index (χ0n) is 17.7. The summed E-state index contributed by atoms with van der Waals surface area (Å²) in [5.74, 6) is 2.41. The van der Waals surface area contributed by atoms with E-state index in [0.29, 0.717) is 19.0 Å². The smallest absolute Gasteiger partial charge is 0.409 e. The van der Waals surface area contributed by atoms with E-state index in [0.717, 1.165) is 41.2 Å². The summed E-state index contributed by atoms with van der Waals surface area (Å²) in [6.07, 6.45) is 5.00. The summed E-state index contributed by atoms with van der Waals surface area (Å²) in [4.78, 5) is 22.3. The van der Waals surface area contributed by atoms with Crippen molar-refractivity contribution in [1.29, 1.82) is 0 Å². The molecule has 0 unspecified atom stereocenters. The number of likely N-dealkylation sites (tertiary alicyclic amines) is 1. The highest BCUT2D eigenvalue weighted by atomic mass is 16.5. The van der Waals surface area contributed by atoms with E-state index >= 15 is 0 Å². The van der Waals surface area contributed by atoms with Gasteiger partial charge in [0.25, 0.3) is 0 Å². The number of ether oxygens (including phenoxy) is 2. The molecule has 1 aliphatic heterocycles. The molecule has 7 heteroatoms. The highest BCUT2D eigenvalue weighted by molar-refractivity contribution is 5.67. The third kappa shape index (κ3) is 5.12. The number of methoxy groups -OCH3 is 1. The van der Waals surface area contributed by atoms with Crippen LogP contribution in [-0.4, -0.2) is 41.2 Å². The van der Waals surface area contributed by atoms with E-state index in [1.807, 2.05) is 55.6 Å². The van der Waals surface area contributed by atoms with Crippen LogP contribution in [0.25, 0.3) is 0 Å². The lowest BCUT2D eigenvalue weighted by atomic mass is 9.90. The van der Waals surface area contributed by atoms with Crippen molar-refractivity contribution in [2.75, 3.05) is 25.5 Å². The Morgan fingerprint density at radius 2 is 1.84 bits per heavy atom. The maximum Gasteiger partial charge on any atom is 0.409 e. The zero-order valence-corrected chi connectivity index (χ0v) is 17.7. The van der Waals surface area contributed by atoms with E-state index in [1.54, 1.807) is 11.1 Å². The lowest BCUT2D eigenvalue weighted by Gasteiger charge is -2.31. The predicted octanol–water partition coefficient (Wildman–Crippen LogP) is 5.27. The molecule has 3 heterocycles. The molecular weight excluding hydrogens is 392 g/mol. The first-order chi connectivity index (χ1) is 15.1. The SMILES string of the molecule is COC(=O)N1CCC(c2cccnc2Oc2ccc(Nc3ccc(C)cn3)cc2)CC1. The number of hydrogen-bond donors (Lipinski definition) is 1. The Morgan fingerprint density at radius 3 is 2.52 bits per heavy atom. The molecule has 2 aromatic heterocycles. The van der Waals surface area contributed by atoms with Gasteiger partial charge in [0.15, 0.2) is 0 Å². The van der Waals surface area contributed by atoms with Crippen LogP contribution in [0.4, 0.5) is 16.3 Å². The van der Waals surface area contributed by atoms with Gasteiger partial charge in [-0.15, -0.1) is 0 Å². The quantitative estimate of drug-likeness (QED) is 0.608. The van der Waals surface area contributed by atoms with Crippen molar-refractivity contribution < 1.29 is 14.3 Å². The van der Waals surface area contributed by atoms with Crippen LogP contribution in [0, 0.1) is 6.92 Å². The lowest BCUT2D eigenvalue weighted by molar-refractivity contribution is 0.112. The zero-order chi connectivity index (χ0) is 21.6. The Morgan fingerprint density at radius 1 is 1.06 bits per heavy atom. The molecule has 1 aromatic carbocycles. The summed E-state index contributed by atoms with van der Waals surface area (Å²) in [6.45, 7) is 3.34. The summed E-state index contributed by atoms with van der Waals surface area (Å²) in [6, 6.07) is 15.7. The Labute approximate surface area is 182 Å². The van der Waals surface area contributed by atoms with Crippen LogP contribution in [0.2, 0.25) is 0 Å². The Balaban J connectivity index is 1.42. The van der Waals surface area contributed by atoms with Gasteiger partial charge >= 0.3 is 6.09 Å². The third-order valence-electron chi connectivity index (χ3n) is 5.42. The molecule has 1 N–H and O–H groups in total. The number of benzene rings is 1. The Bertz CT molecular complexity index is 1010. The van der Waals surface area contributed by atoms with Crippen LogP contribution in [0.3, 0.4) is 0 Å². The number of nitrogens with one attached hydrogen (secondary N) is 1. The van der Waals surface area contributed by atoms with Gasteiger partial charge in [-0.05, 0) is 67.6 Å². The van der Waals surface area contributed by atoms with E-state index in [1.165, 1.54) is 7.11 Å². The highest BCUT2D eigenvalue weighted by Gasteiger charge is 2.26. The maximum absolute atomic E-state index is 11.7. The van der Waals surface area contributed by atoms with Gasteiger partial charge in [0.1, 0.15) is 11.6 Å². The number of nitrogens with zero attached hydrogens (tertiary/aromatic N) is 3. The predicted molar refractivity (Wildman–Crippen MR) is 119 cm³/mol. The van der Waals surface area contributed by atoms with Crippen molar-refractivity contribution in [1.82, 2.24) is 14.9 Å². The van der Waals surface area contributed by atoms with Gasteiger partial charge in [-0.1, -0.05) is 12.1 Å². The average molecular weight is 418 g/mol. The van der Waals surface area contributed by atoms with E-state index in [4.69, 9.17) is 9.47 Å². The average Bonchev–Trinajstić information content (AvgIpc) is 2.82. The van der Waals surface area contributed by atoms with Crippen molar-refractivity contribution in [3.8, 4) is 11.6 Å². The van der Waals surface area contributed by atoms with Gasteiger partial charge in [0.2, 0.25) is 5.88 Å². The summed E-state index contributed by atoms with van der Waals surface area (Å²) in [5.41, 5.74) is 3.12. The number of rotatable bonds is 5. The molecule has 0 saturated carbocycles. The molecule has 160 valence electrons. The monoisotopic (exact) mass is 418 g/mol. The fourth-order valence-electron chi connectivity index (χ4n) is 3.71. The molecule has 31 heavy (non-hydrogen) atoms. The minimum atomic E-state index is -0.268. The van der Waals surface area contributed by atoms with Gasteiger partial charge < -0.3 is 19.7 Å². The molecule has 0 radical (unpaired) electrons. The van der Waals surface area contributed by atoms with Crippen LogP contribution < -0.4 is 10.1 Å². The third-order valence-corrected chi connectivity index (χ3v) is 5.42. The first-order valence-electron chi connectivity index (χ1n) is 10.4. The second-order valence-corrected chi connectivity index (χ2v) is 7.60. The molecule has 0 aliphatic carbocycles. The number of carbonyl (C=O) groups is 1. The van der Waals surface area contributed by atoms with Gasteiger partial charge in [0, 0.05) is 36.7 Å². The molecule has 4 rings (SSSR count). The molecule has 1 amide bonds. The van der Waals surface area contributed by atoms with E-state index in [2.05, 4.69) is 21.4 Å². The minimum absolute atomic E-state index is 0.268. The van der Waals surface area contributed by atoms with Crippen LogP contribution in [0.15, 0.2) is 60.9 Å². The second kappa shape index (κ2) is 9.47. The number of piperidine rings is 1. The van der Waals surface area contributed by atoms with Gasteiger partial charge in [-0.2, -0.15) is 0 Å². The fourth-order valence-corrected chi connectivity index (χ4v) is 3.71. The fraction of sp³-hybridized carbons (Fsp3) is 0.292. The van der Waals surface area contributed by atoms with Gasteiger partial charge in [0.05, 0.1) is 7.11 Å². The molecule has 3 aromatic rings. The normalized spacial score (nSPS) is 14.2. The van der Waals surface area contributed by atoms with E-state index < -0.39 is 0 Å². The van der Waals surface area contributed by atoms with Crippen LogP contribution in [-0.2, 0) is 4.74 Å². The Kier molecular flexibility index (Phi) is 6.31. The van der Waals surface area contributed by atoms with Crippen molar-refractivity contribution in [3.05, 3.63) is 72.1 Å². The standard InChI is InChI=1S/C24H26N4O3/c1-17-5-10-22(26-16-17)27-19-6-8-20(9-7-19)31-23-21(4-3-13-25-23)18-11-14-28(15-12-18)24(29)30-2/h3-10,13,16,18H,11-12,14-15H2,1-2H3,(H,26,27). The number of carbonyl (C=O) groups excluding carboxylic acids is 1. The summed E-state index contributed by atoms with van der Waals surface area (Å²) >= 11 is 0. The highest BCUT2D eigenvalue weighted by Crippen LogP contribution is 2.35. The summed E-state index contributed by atoms with van der Waals surface area (Å²) in [5, 5.41) is 3.28. The number of anilines is 2. The van der Waals surface area contributed by atoms with E-state index in [-0.39, 0.29) is 12.0 Å². The molecule has 7 nitrogen and oxygen atoms in total. The number of aryl methyl sites for hydroxylation is 1. The molecule has 1 fully saturated rings. The maximum atomic E-state index is 11.7. The molecule has 1 aliphatic rings. The van der Waals surface area contributed by atoms with Gasteiger partial charge in [-0.3, -0.25) is 0 Å². The molecule has 0 bridgehead atoms. The largest absolute Gasteiger partial charge is 0.453 e. The number of pyridine rings is 2. The first-order valence-corrected chi connectivity index (χ1v) is 10.4. The van der Waals surface area contributed by atoms with Crippen molar-refractivity contribution in [3.63, 3.8) is 0 Å². The number of hydrogen-bond acceptors (Lipinski definition) is 6. The van der Waals surface area contributed by atoms with Gasteiger partial charge in [-0.25, -0.2) is 14.8 Å². The minimum Gasteiger partial charge on any atom is -0.453 e. The van der Waals surface area contributed by atoms with Crippen molar-refractivity contribution in [2.24, 2.45) is 0 Å². The lowest BCUT2D eigenvalue weighted by Crippen LogP contribution is -2.37. The number of aromatic nitrogens is 2. The second-order valence-electron chi connectivity index (χ2n) is 7.60.